The first-order chi connectivity index (χ1) is 9.31. The molecule has 0 saturated carbocycles. The number of carbonyl (C=O) groups excluding carboxylic acids is 2. The second kappa shape index (κ2) is 7.57. The van der Waals surface area contributed by atoms with Crippen LogP contribution in [-0.2, 0) is 14.2 Å². The van der Waals surface area contributed by atoms with Crippen LogP contribution in [0.4, 0.5) is 9.59 Å². The third-order valence-electron chi connectivity index (χ3n) is 2.78. The molecule has 0 spiro atoms. The van der Waals surface area contributed by atoms with Crippen LogP contribution in [0, 0.1) is 5.92 Å². The van der Waals surface area contributed by atoms with Crippen molar-refractivity contribution >= 4 is 23.8 Å². The molecule has 7 heteroatoms. The summed E-state index contributed by atoms with van der Waals surface area (Å²) in [5.74, 6) is 0.0964. The van der Waals surface area contributed by atoms with Gasteiger partial charge in [0.25, 0.3) is 0 Å². The summed E-state index contributed by atoms with van der Waals surface area (Å²) < 4.78 is 14.7. The molecule has 0 bridgehead atoms. The summed E-state index contributed by atoms with van der Waals surface area (Å²) in [4.78, 5) is 24.7. The lowest BCUT2D eigenvalue weighted by Crippen LogP contribution is -2.44. The molecule has 0 aromatic carbocycles. The van der Waals surface area contributed by atoms with Crippen LogP contribution in [0.25, 0.3) is 0 Å². The number of ether oxygens (including phenoxy) is 3. The van der Waals surface area contributed by atoms with Crippen LogP contribution < -0.4 is 0 Å². The molecular formula is C13H22ClNO5. The Morgan fingerprint density at radius 3 is 2.60 bits per heavy atom. The molecule has 20 heavy (non-hydrogen) atoms. The molecule has 1 fully saturated rings. The maximum absolute atomic E-state index is 12.0. The number of rotatable bonds is 3. The summed E-state index contributed by atoms with van der Waals surface area (Å²) in [5.41, 5.74) is -0.509. The molecule has 0 aromatic rings. The predicted molar refractivity (Wildman–Crippen MR) is 73.7 cm³/mol. The van der Waals surface area contributed by atoms with Crippen LogP contribution in [-0.4, -0.2) is 48.5 Å². The largest absolute Gasteiger partial charge is 0.509 e. The number of piperidine rings is 1. The number of carbonyl (C=O) groups is 2. The second-order valence-corrected chi connectivity index (χ2v) is 5.97. The lowest BCUT2D eigenvalue weighted by molar-refractivity contribution is 0.00782. The molecule has 0 N–H and O–H groups in total. The van der Waals surface area contributed by atoms with Crippen LogP contribution in [0.1, 0.15) is 33.6 Å². The van der Waals surface area contributed by atoms with Gasteiger partial charge in [0.15, 0.2) is 6.07 Å². The molecule has 1 heterocycles. The quantitative estimate of drug-likeness (QED) is 0.592. The maximum Gasteiger partial charge on any atom is 0.509 e. The van der Waals surface area contributed by atoms with Gasteiger partial charge in [0, 0.05) is 19.0 Å². The molecule has 0 aliphatic carbocycles. The summed E-state index contributed by atoms with van der Waals surface area (Å²) in [6.45, 7) is 6.89. The van der Waals surface area contributed by atoms with Gasteiger partial charge in [-0.1, -0.05) is 11.6 Å². The first-order valence-corrected chi connectivity index (χ1v) is 7.18. The van der Waals surface area contributed by atoms with Gasteiger partial charge in [0.1, 0.15) is 5.60 Å². The van der Waals surface area contributed by atoms with Crippen LogP contribution in [0.3, 0.4) is 0 Å². The van der Waals surface area contributed by atoms with E-state index in [0.29, 0.717) is 13.1 Å². The average Bonchev–Trinajstić information content (AvgIpc) is 2.35. The number of amides is 1. The highest BCUT2D eigenvalue weighted by Gasteiger charge is 2.28. The van der Waals surface area contributed by atoms with Gasteiger partial charge in [0.2, 0.25) is 0 Å². The molecular weight excluding hydrogens is 286 g/mol. The first kappa shape index (κ1) is 16.9. The molecule has 1 amide bonds. The molecule has 6 nitrogen and oxygen atoms in total. The van der Waals surface area contributed by atoms with E-state index >= 15 is 0 Å². The molecule has 0 radical (unpaired) electrons. The number of hydrogen-bond acceptors (Lipinski definition) is 5. The van der Waals surface area contributed by atoms with Gasteiger partial charge in [-0.05, 0) is 33.6 Å². The third kappa shape index (κ3) is 6.32. The van der Waals surface area contributed by atoms with E-state index in [2.05, 4.69) is 4.74 Å². The Bertz CT molecular complexity index is 342. The van der Waals surface area contributed by atoms with Crippen molar-refractivity contribution < 1.29 is 23.8 Å². The molecule has 116 valence electrons. The summed E-state index contributed by atoms with van der Waals surface area (Å²) in [6, 6.07) is -0.229. The topological polar surface area (TPSA) is 65.1 Å². The van der Waals surface area contributed by atoms with E-state index in [0.717, 1.165) is 12.8 Å². The third-order valence-corrected chi connectivity index (χ3v) is 2.89. The van der Waals surface area contributed by atoms with Crippen LogP contribution in [0.5, 0.6) is 0 Å². The van der Waals surface area contributed by atoms with Crippen molar-refractivity contribution in [3.8, 4) is 0 Å². The molecule has 1 aliphatic heterocycles. The van der Waals surface area contributed by atoms with E-state index in [-0.39, 0.29) is 24.7 Å². The average molecular weight is 308 g/mol. The molecule has 1 saturated heterocycles. The summed E-state index contributed by atoms with van der Waals surface area (Å²) in [7, 11) is 0. The minimum Gasteiger partial charge on any atom is -0.444 e. The Kier molecular flexibility index (Phi) is 6.39. The first-order valence-electron chi connectivity index (χ1n) is 6.65. The Morgan fingerprint density at radius 2 is 2.00 bits per heavy atom. The second-order valence-electron chi connectivity index (χ2n) is 5.75. The molecule has 0 aromatic heterocycles. The van der Waals surface area contributed by atoms with Crippen LogP contribution in [0.15, 0.2) is 0 Å². The summed E-state index contributed by atoms with van der Waals surface area (Å²) in [6.07, 6.45) is 0.644. The molecule has 1 atom stereocenters. The number of halogens is 1. The fraction of sp³-hybridized carbons (Fsp3) is 0.846. The lowest BCUT2D eigenvalue weighted by Gasteiger charge is -2.33. The Hall–Kier alpha value is -1.17. The van der Waals surface area contributed by atoms with Gasteiger partial charge in [-0.3, -0.25) is 0 Å². The SMILES string of the molecule is CC(C)(C)OC(=O)N1CCCC(COC(=O)OCCl)C1. The molecule has 1 aliphatic rings. The van der Waals surface area contributed by atoms with E-state index in [1.165, 1.54) is 0 Å². The van der Waals surface area contributed by atoms with Gasteiger partial charge in [-0.25, -0.2) is 9.59 Å². The van der Waals surface area contributed by atoms with Crippen molar-refractivity contribution in [2.24, 2.45) is 5.92 Å². The fourth-order valence-corrected chi connectivity index (χ4v) is 2.05. The Balaban J connectivity index is 2.38. The normalized spacial score (nSPS) is 19.4. The van der Waals surface area contributed by atoms with Crippen molar-refractivity contribution in [2.75, 3.05) is 25.8 Å². The van der Waals surface area contributed by atoms with Gasteiger partial charge >= 0.3 is 12.2 Å². The van der Waals surface area contributed by atoms with Crippen molar-refractivity contribution in [2.45, 2.75) is 39.2 Å². The monoisotopic (exact) mass is 307 g/mol. The zero-order valence-corrected chi connectivity index (χ0v) is 12.9. The van der Waals surface area contributed by atoms with Crippen molar-refractivity contribution in [3.63, 3.8) is 0 Å². The smallest absolute Gasteiger partial charge is 0.444 e. The van der Waals surface area contributed by atoms with E-state index in [4.69, 9.17) is 21.1 Å². The summed E-state index contributed by atoms with van der Waals surface area (Å²) in [5, 5.41) is 0. The maximum atomic E-state index is 12.0. The number of alkyl halides is 1. The zero-order chi connectivity index (χ0) is 15.2. The van der Waals surface area contributed by atoms with E-state index in [1.54, 1.807) is 4.90 Å². The number of likely N-dealkylation sites (tertiary alicyclic amines) is 1. The van der Waals surface area contributed by atoms with Gasteiger partial charge in [-0.2, -0.15) is 0 Å². The molecule has 1 rings (SSSR count). The van der Waals surface area contributed by atoms with Crippen LogP contribution in [0.2, 0.25) is 0 Å². The minimum absolute atomic E-state index is 0.0964. The summed E-state index contributed by atoms with van der Waals surface area (Å²) >= 11 is 5.25. The van der Waals surface area contributed by atoms with Gasteiger partial charge < -0.3 is 19.1 Å². The standard InChI is InChI=1S/C13H22ClNO5/c1-13(2,3)20-11(16)15-6-4-5-10(7-15)8-18-12(17)19-9-14/h10H,4-9H2,1-3H3. The highest BCUT2D eigenvalue weighted by molar-refractivity contribution is 6.17. The minimum atomic E-state index is -0.783. The number of nitrogens with zero attached hydrogens (tertiary/aromatic N) is 1. The van der Waals surface area contributed by atoms with Crippen molar-refractivity contribution in [1.29, 1.82) is 0 Å². The highest BCUT2D eigenvalue weighted by Crippen LogP contribution is 2.19. The van der Waals surface area contributed by atoms with Gasteiger partial charge in [0.05, 0.1) is 6.61 Å². The fourth-order valence-electron chi connectivity index (χ4n) is 1.97. The lowest BCUT2D eigenvalue weighted by atomic mass is 9.99. The van der Waals surface area contributed by atoms with E-state index in [1.807, 2.05) is 20.8 Å². The van der Waals surface area contributed by atoms with Crippen molar-refractivity contribution in [1.82, 2.24) is 4.90 Å². The van der Waals surface area contributed by atoms with Crippen molar-refractivity contribution in [3.05, 3.63) is 0 Å². The zero-order valence-electron chi connectivity index (χ0n) is 12.2. The van der Waals surface area contributed by atoms with E-state index in [9.17, 15) is 9.59 Å². The predicted octanol–water partition coefficient (Wildman–Crippen LogP) is 2.98. The Morgan fingerprint density at radius 1 is 1.30 bits per heavy atom. The van der Waals surface area contributed by atoms with E-state index < -0.39 is 11.8 Å². The van der Waals surface area contributed by atoms with Crippen LogP contribution >= 0.6 is 11.6 Å². The Labute approximate surface area is 124 Å². The van der Waals surface area contributed by atoms with Gasteiger partial charge in [-0.15, -0.1) is 0 Å². The number of hydrogen-bond donors (Lipinski definition) is 0. The molecule has 1 unspecified atom stereocenters. The highest BCUT2D eigenvalue weighted by atomic mass is 35.5.